The normalized spacial score (nSPS) is 28.5. The van der Waals surface area contributed by atoms with Crippen LogP contribution in [0.25, 0.3) is 0 Å². The molecule has 0 aromatic carbocycles. The van der Waals surface area contributed by atoms with Gasteiger partial charge in [-0.2, -0.15) is 0 Å². The van der Waals surface area contributed by atoms with Crippen molar-refractivity contribution >= 4 is 5.97 Å². The van der Waals surface area contributed by atoms with Gasteiger partial charge >= 0.3 is 5.97 Å². The van der Waals surface area contributed by atoms with Crippen molar-refractivity contribution in [3.05, 3.63) is 12.2 Å². The number of esters is 1. The van der Waals surface area contributed by atoms with Gasteiger partial charge in [-0.1, -0.05) is 12.2 Å². The smallest absolute Gasteiger partial charge is 0.338 e. The molecule has 0 amide bonds. The molecule has 0 bridgehead atoms. The summed E-state index contributed by atoms with van der Waals surface area (Å²) in [5.41, 5.74) is 0. The van der Waals surface area contributed by atoms with Gasteiger partial charge in [0.25, 0.3) is 0 Å². The highest BCUT2D eigenvalue weighted by atomic mass is 16.6. The minimum absolute atomic E-state index is 0.301. The average Bonchev–Trinajstić information content (AvgIpc) is 2.05. The molecule has 0 saturated carbocycles. The van der Waals surface area contributed by atoms with Crippen LogP contribution in [-0.2, 0) is 14.3 Å². The van der Waals surface area contributed by atoms with Gasteiger partial charge in [0.2, 0.25) is 0 Å². The Labute approximate surface area is 70.8 Å². The summed E-state index contributed by atoms with van der Waals surface area (Å²) in [6.07, 6.45) is 1.47. The number of ether oxygens (including phenoxy) is 2. The molecule has 1 heterocycles. The van der Waals surface area contributed by atoms with Crippen LogP contribution in [0, 0.1) is 0 Å². The average molecular weight is 172 g/mol. The van der Waals surface area contributed by atoms with E-state index in [9.17, 15) is 9.90 Å². The fourth-order valence-corrected chi connectivity index (χ4v) is 0.986. The third kappa shape index (κ3) is 2.06. The summed E-state index contributed by atoms with van der Waals surface area (Å²) in [7, 11) is 0. The van der Waals surface area contributed by atoms with E-state index in [1.807, 2.05) is 0 Å². The van der Waals surface area contributed by atoms with Gasteiger partial charge in [0, 0.05) is 0 Å². The van der Waals surface area contributed by atoms with E-state index in [4.69, 9.17) is 9.47 Å². The number of aliphatic hydroxyl groups is 1. The molecule has 0 aromatic rings. The molecule has 0 saturated heterocycles. The zero-order chi connectivity index (χ0) is 8.97. The fourth-order valence-electron chi connectivity index (χ4n) is 0.986. The van der Waals surface area contributed by atoms with Gasteiger partial charge in [0.05, 0.1) is 13.2 Å². The lowest BCUT2D eigenvalue weighted by Gasteiger charge is -2.21. The summed E-state index contributed by atoms with van der Waals surface area (Å²) < 4.78 is 9.69. The minimum Gasteiger partial charge on any atom is -0.464 e. The quantitative estimate of drug-likeness (QED) is 0.465. The van der Waals surface area contributed by atoms with Crippen LogP contribution < -0.4 is 0 Å². The first kappa shape index (κ1) is 9.22. The molecule has 0 fully saturated rings. The molecular formula is C8H12O4. The second kappa shape index (κ2) is 4.23. The van der Waals surface area contributed by atoms with Crippen molar-refractivity contribution in [1.29, 1.82) is 0 Å². The highest BCUT2D eigenvalue weighted by Gasteiger charge is 2.28. The highest BCUT2D eigenvalue weighted by molar-refractivity contribution is 5.76. The molecule has 1 aliphatic rings. The molecule has 68 valence electrons. The van der Waals surface area contributed by atoms with Crippen LogP contribution in [0.5, 0.6) is 0 Å². The van der Waals surface area contributed by atoms with E-state index in [1.54, 1.807) is 13.0 Å². The molecule has 12 heavy (non-hydrogen) atoms. The van der Waals surface area contributed by atoms with Crippen molar-refractivity contribution in [3.8, 4) is 0 Å². The van der Waals surface area contributed by atoms with Crippen LogP contribution >= 0.6 is 0 Å². The maximum atomic E-state index is 11.1. The van der Waals surface area contributed by atoms with E-state index in [0.29, 0.717) is 13.2 Å². The first-order chi connectivity index (χ1) is 5.75. The SMILES string of the molecule is CCOC(=O)[C@H]1OCC=C[C@@H]1O. The second-order valence-electron chi connectivity index (χ2n) is 2.42. The molecule has 4 heteroatoms. The number of aliphatic hydroxyl groups excluding tert-OH is 1. The van der Waals surface area contributed by atoms with Crippen LogP contribution in [0.1, 0.15) is 6.92 Å². The summed E-state index contributed by atoms with van der Waals surface area (Å²) >= 11 is 0. The zero-order valence-electron chi connectivity index (χ0n) is 6.90. The first-order valence-corrected chi connectivity index (χ1v) is 3.88. The lowest BCUT2D eigenvalue weighted by molar-refractivity contribution is -0.162. The maximum absolute atomic E-state index is 11.1. The van der Waals surface area contributed by atoms with Gasteiger partial charge in [-0.15, -0.1) is 0 Å². The number of rotatable bonds is 2. The molecule has 0 unspecified atom stereocenters. The summed E-state index contributed by atoms with van der Waals surface area (Å²) in [6, 6.07) is 0. The van der Waals surface area contributed by atoms with Crippen LogP contribution in [-0.4, -0.2) is 36.5 Å². The Kier molecular flexibility index (Phi) is 3.25. The molecule has 1 rings (SSSR count). The van der Waals surface area contributed by atoms with Gasteiger partial charge in [-0.05, 0) is 6.92 Å². The molecular weight excluding hydrogens is 160 g/mol. The number of hydrogen-bond donors (Lipinski definition) is 1. The summed E-state index contributed by atoms with van der Waals surface area (Å²) in [6.45, 7) is 2.36. The third-order valence-electron chi connectivity index (χ3n) is 1.53. The van der Waals surface area contributed by atoms with Crippen LogP contribution in [0.3, 0.4) is 0 Å². The number of hydrogen-bond acceptors (Lipinski definition) is 4. The Morgan fingerprint density at radius 3 is 3.17 bits per heavy atom. The van der Waals surface area contributed by atoms with Gasteiger partial charge in [0.1, 0.15) is 6.10 Å². The molecule has 0 radical (unpaired) electrons. The Morgan fingerprint density at radius 2 is 2.58 bits per heavy atom. The van der Waals surface area contributed by atoms with Crippen LogP contribution in [0.2, 0.25) is 0 Å². The Balaban J connectivity index is 2.50. The second-order valence-corrected chi connectivity index (χ2v) is 2.42. The van der Waals surface area contributed by atoms with E-state index in [-0.39, 0.29) is 0 Å². The fraction of sp³-hybridized carbons (Fsp3) is 0.625. The van der Waals surface area contributed by atoms with E-state index >= 15 is 0 Å². The summed E-state index contributed by atoms with van der Waals surface area (Å²) in [4.78, 5) is 11.1. The van der Waals surface area contributed by atoms with Gasteiger partial charge in [-0.3, -0.25) is 0 Å². The zero-order valence-corrected chi connectivity index (χ0v) is 6.90. The number of carbonyl (C=O) groups excluding carboxylic acids is 1. The first-order valence-electron chi connectivity index (χ1n) is 3.88. The lowest BCUT2D eigenvalue weighted by Crippen LogP contribution is -2.39. The third-order valence-corrected chi connectivity index (χ3v) is 1.53. The Hall–Kier alpha value is -0.870. The molecule has 4 nitrogen and oxygen atoms in total. The van der Waals surface area contributed by atoms with Gasteiger partial charge < -0.3 is 14.6 Å². The van der Waals surface area contributed by atoms with E-state index in [0.717, 1.165) is 0 Å². The Morgan fingerprint density at radius 1 is 1.83 bits per heavy atom. The molecule has 0 spiro atoms. The van der Waals surface area contributed by atoms with Crippen molar-refractivity contribution in [2.24, 2.45) is 0 Å². The van der Waals surface area contributed by atoms with E-state index in [2.05, 4.69) is 0 Å². The standard InChI is InChI=1S/C8H12O4/c1-2-11-8(10)7-6(9)4-3-5-12-7/h3-4,6-7,9H,2,5H2,1H3/t6-,7-/m0/s1. The van der Waals surface area contributed by atoms with Crippen LogP contribution in [0.4, 0.5) is 0 Å². The topological polar surface area (TPSA) is 55.8 Å². The molecule has 1 N–H and O–H groups in total. The molecule has 0 aliphatic carbocycles. The number of carbonyl (C=O) groups is 1. The molecule has 1 aliphatic heterocycles. The Bertz CT molecular complexity index is 187. The molecule has 0 aromatic heterocycles. The highest BCUT2D eigenvalue weighted by Crippen LogP contribution is 2.08. The van der Waals surface area contributed by atoms with Crippen molar-refractivity contribution in [1.82, 2.24) is 0 Å². The van der Waals surface area contributed by atoms with Crippen molar-refractivity contribution in [2.75, 3.05) is 13.2 Å². The lowest BCUT2D eigenvalue weighted by atomic mass is 10.1. The predicted molar refractivity (Wildman–Crippen MR) is 41.5 cm³/mol. The van der Waals surface area contributed by atoms with Gasteiger partial charge in [0.15, 0.2) is 6.10 Å². The van der Waals surface area contributed by atoms with Gasteiger partial charge in [-0.25, -0.2) is 4.79 Å². The minimum atomic E-state index is -0.877. The summed E-state index contributed by atoms with van der Waals surface area (Å²) in [5, 5.41) is 9.25. The van der Waals surface area contributed by atoms with Crippen molar-refractivity contribution in [2.45, 2.75) is 19.1 Å². The van der Waals surface area contributed by atoms with Crippen molar-refractivity contribution in [3.63, 3.8) is 0 Å². The van der Waals surface area contributed by atoms with E-state index < -0.39 is 18.2 Å². The largest absolute Gasteiger partial charge is 0.464 e. The monoisotopic (exact) mass is 172 g/mol. The van der Waals surface area contributed by atoms with E-state index in [1.165, 1.54) is 6.08 Å². The molecule has 2 atom stereocenters. The predicted octanol–water partition coefficient (Wildman–Crippen LogP) is -0.135. The summed E-state index contributed by atoms with van der Waals surface area (Å²) in [5.74, 6) is -0.505. The maximum Gasteiger partial charge on any atom is 0.338 e. The van der Waals surface area contributed by atoms with Crippen LogP contribution in [0.15, 0.2) is 12.2 Å². The van der Waals surface area contributed by atoms with Crippen molar-refractivity contribution < 1.29 is 19.4 Å².